The lowest BCUT2D eigenvalue weighted by atomic mass is 9.90. The molecule has 0 aliphatic carbocycles. The second-order valence-electron chi connectivity index (χ2n) is 7.71. The van der Waals surface area contributed by atoms with E-state index in [0.29, 0.717) is 21.3 Å². The van der Waals surface area contributed by atoms with Gasteiger partial charge in [0.15, 0.2) is 5.16 Å². The largest absolute Gasteiger partial charge is 0.337 e. The molecule has 6 nitrogen and oxygen atoms in total. The molecule has 152 valence electrons. The van der Waals surface area contributed by atoms with E-state index in [1.54, 1.807) is 6.92 Å². The molecular formula is C20H28N4O2S2. The third kappa shape index (κ3) is 4.95. The fraction of sp³-hybridized carbons (Fsp3) is 0.600. The second-order valence-corrected chi connectivity index (χ2v) is 9.88. The van der Waals surface area contributed by atoms with Gasteiger partial charge < -0.3 is 10.3 Å². The fourth-order valence-corrected chi connectivity index (χ4v) is 4.50. The summed E-state index contributed by atoms with van der Waals surface area (Å²) in [5.74, 6) is 0.316. The van der Waals surface area contributed by atoms with Crippen molar-refractivity contribution in [2.45, 2.75) is 65.1 Å². The van der Waals surface area contributed by atoms with Crippen molar-refractivity contribution in [1.29, 1.82) is 5.26 Å². The van der Waals surface area contributed by atoms with Crippen LogP contribution in [-0.4, -0.2) is 27.2 Å². The second kappa shape index (κ2) is 9.10. The van der Waals surface area contributed by atoms with Gasteiger partial charge in [0.25, 0.3) is 5.56 Å². The van der Waals surface area contributed by atoms with Crippen LogP contribution in [0.25, 0.3) is 10.2 Å². The summed E-state index contributed by atoms with van der Waals surface area (Å²) in [6.07, 6.45) is 1.92. The quantitative estimate of drug-likeness (QED) is 0.496. The number of aromatic nitrogens is 2. The molecule has 2 heterocycles. The highest BCUT2D eigenvalue weighted by atomic mass is 32.2. The first-order valence-electron chi connectivity index (χ1n) is 9.48. The van der Waals surface area contributed by atoms with Gasteiger partial charge in [-0.2, -0.15) is 5.26 Å². The topological polar surface area (TPSA) is 98.6 Å². The third-order valence-electron chi connectivity index (χ3n) is 5.22. The highest BCUT2D eigenvalue weighted by Gasteiger charge is 2.30. The lowest BCUT2D eigenvalue weighted by molar-refractivity contribution is -0.120. The molecule has 0 fully saturated rings. The Balaban J connectivity index is 2.18. The number of aromatic amines is 1. The minimum absolute atomic E-state index is 0.0150. The summed E-state index contributed by atoms with van der Waals surface area (Å²) in [7, 11) is 0. The molecule has 1 amide bonds. The van der Waals surface area contributed by atoms with E-state index in [4.69, 9.17) is 0 Å². The van der Waals surface area contributed by atoms with Crippen molar-refractivity contribution in [2.75, 3.05) is 5.75 Å². The van der Waals surface area contributed by atoms with Crippen LogP contribution in [-0.2, 0) is 11.2 Å². The molecule has 2 rings (SSSR count). The summed E-state index contributed by atoms with van der Waals surface area (Å²) in [4.78, 5) is 34.1. The zero-order chi connectivity index (χ0) is 21.1. The lowest BCUT2D eigenvalue weighted by Crippen LogP contribution is -2.49. The Morgan fingerprint density at radius 2 is 2.11 bits per heavy atom. The minimum atomic E-state index is -0.918. The predicted octanol–water partition coefficient (Wildman–Crippen LogP) is 4.03. The van der Waals surface area contributed by atoms with Crippen molar-refractivity contribution in [2.24, 2.45) is 11.8 Å². The first-order chi connectivity index (χ1) is 13.1. The summed E-state index contributed by atoms with van der Waals surface area (Å²) in [5.41, 5.74) is 0.0109. The normalized spacial score (nSPS) is 14.6. The molecule has 2 N–H and O–H groups in total. The molecule has 0 saturated heterocycles. The molecule has 0 radical (unpaired) electrons. The molecule has 0 saturated carbocycles. The number of fused-ring (bicyclic) bond motifs is 1. The van der Waals surface area contributed by atoms with E-state index in [2.05, 4.69) is 35.2 Å². The molecule has 0 aliphatic rings. The number of thioether (sulfide) groups is 1. The van der Waals surface area contributed by atoms with Gasteiger partial charge in [-0.25, -0.2) is 4.98 Å². The summed E-state index contributed by atoms with van der Waals surface area (Å²) >= 11 is 2.70. The van der Waals surface area contributed by atoms with Crippen molar-refractivity contribution < 1.29 is 4.79 Å². The number of carbonyl (C=O) groups is 1. The first kappa shape index (κ1) is 22.4. The molecule has 0 aromatic carbocycles. The Labute approximate surface area is 174 Å². The fourth-order valence-electron chi connectivity index (χ4n) is 2.72. The number of rotatable bonds is 8. The Hall–Kier alpha value is -1.85. The van der Waals surface area contributed by atoms with Crippen LogP contribution in [0.3, 0.4) is 0 Å². The number of hydrogen-bond donors (Lipinski definition) is 2. The monoisotopic (exact) mass is 420 g/mol. The van der Waals surface area contributed by atoms with Gasteiger partial charge in [0, 0.05) is 4.88 Å². The van der Waals surface area contributed by atoms with Gasteiger partial charge in [-0.1, -0.05) is 45.9 Å². The van der Waals surface area contributed by atoms with Crippen molar-refractivity contribution in [3.8, 4) is 6.07 Å². The van der Waals surface area contributed by atoms with E-state index in [-0.39, 0.29) is 23.1 Å². The SMILES string of the molecule is CCC(C)Cc1c(C)sc2nc(SCC(=O)NC(C)(C#N)C(C)C)[nH]c(=O)c12. The summed E-state index contributed by atoms with van der Waals surface area (Å²) < 4.78 is 0. The minimum Gasteiger partial charge on any atom is -0.337 e. The van der Waals surface area contributed by atoms with E-state index < -0.39 is 5.54 Å². The lowest BCUT2D eigenvalue weighted by Gasteiger charge is -2.27. The van der Waals surface area contributed by atoms with E-state index in [0.717, 1.165) is 23.3 Å². The maximum absolute atomic E-state index is 12.7. The van der Waals surface area contributed by atoms with Crippen LogP contribution >= 0.6 is 23.1 Å². The Morgan fingerprint density at radius 3 is 2.68 bits per heavy atom. The number of aryl methyl sites for hydroxylation is 1. The molecular weight excluding hydrogens is 392 g/mol. The number of H-pyrrole nitrogens is 1. The van der Waals surface area contributed by atoms with Crippen LogP contribution in [0.4, 0.5) is 0 Å². The Morgan fingerprint density at radius 1 is 1.43 bits per heavy atom. The van der Waals surface area contributed by atoms with E-state index in [1.807, 2.05) is 20.8 Å². The van der Waals surface area contributed by atoms with E-state index >= 15 is 0 Å². The Kier molecular flexibility index (Phi) is 7.29. The standard InChI is InChI=1S/C20H28N4O2S2/c1-7-12(4)8-14-13(5)28-18-16(14)17(26)22-19(23-18)27-9-15(25)24-20(6,10-21)11(2)3/h11-12H,7-9H2,1-6H3,(H,24,25)(H,22,23,26). The average molecular weight is 421 g/mol. The molecule has 0 spiro atoms. The smallest absolute Gasteiger partial charge is 0.260 e. The van der Waals surface area contributed by atoms with E-state index in [9.17, 15) is 14.9 Å². The van der Waals surface area contributed by atoms with Crippen LogP contribution in [0.15, 0.2) is 9.95 Å². The number of nitrogens with zero attached hydrogens (tertiary/aromatic N) is 2. The number of nitrogens with one attached hydrogen (secondary N) is 2. The Bertz CT molecular complexity index is 957. The molecule has 2 aromatic heterocycles. The van der Waals surface area contributed by atoms with Crippen molar-refractivity contribution in [1.82, 2.24) is 15.3 Å². The highest BCUT2D eigenvalue weighted by molar-refractivity contribution is 7.99. The molecule has 0 bridgehead atoms. The number of thiophene rings is 1. The van der Waals surface area contributed by atoms with Gasteiger partial charge >= 0.3 is 0 Å². The average Bonchev–Trinajstić information content (AvgIpc) is 2.95. The highest BCUT2D eigenvalue weighted by Crippen LogP contribution is 2.30. The zero-order valence-electron chi connectivity index (χ0n) is 17.3. The van der Waals surface area contributed by atoms with Crippen LogP contribution in [0.5, 0.6) is 0 Å². The third-order valence-corrected chi connectivity index (χ3v) is 7.13. The van der Waals surface area contributed by atoms with Crippen LogP contribution in [0, 0.1) is 30.1 Å². The molecule has 2 atom stereocenters. The predicted molar refractivity (Wildman–Crippen MR) is 116 cm³/mol. The van der Waals surface area contributed by atoms with Gasteiger partial charge in [-0.15, -0.1) is 11.3 Å². The van der Waals surface area contributed by atoms with Crippen molar-refractivity contribution >= 4 is 39.2 Å². The zero-order valence-corrected chi connectivity index (χ0v) is 18.9. The summed E-state index contributed by atoms with van der Waals surface area (Å²) in [6, 6.07) is 2.16. The van der Waals surface area contributed by atoms with Crippen LogP contribution in [0.1, 0.15) is 51.5 Å². The number of nitriles is 1. The maximum Gasteiger partial charge on any atom is 0.260 e. The van der Waals surface area contributed by atoms with Gasteiger partial charge in [-0.05, 0) is 37.7 Å². The first-order valence-corrected chi connectivity index (χ1v) is 11.3. The van der Waals surface area contributed by atoms with Crippen LogP contribution < -0.4 is 10.9 Å². The molecule has 2 aromatic rings. The van der Waals surface area contributed by atoms with Gasteiger partial charge in [0.1, 0.15) is 10.4 Å². The number of carbonyl (C=O) groups excluding carboxylic acids is 1. The van der Waals surface area contributed by atoms with Gasteiger partial charge in [0.2, 0.25) is 5.91 Å². The summed E-state index contributed by atoms with van der Waals surface area (Å²) in [6.45, 7) is 11.8. The van der Waals surface area contributed by atoms with E-state index in [1.165, 1.54) is 23.1 Å². The number of amides is 1. The van der Waals surface area contributed by atoms with Crippen molar-refractivity contribution in [3.05, 3.63) is 20.8 Å². The molecule has 2 unspecified atom stereocenters. The van der Waals surface area contributed by atoms with Crippen LogP contribution in [0.2, 0.25) is 0 Å². The maximum atomic E-state index is 12.7. The molecule has 28 heavy (non-hydrogen) atoms. The molecule has 0 aliphatic heterocycles. The summed E-state index contributed by atoms with van der Waals surface area (Å²) in [5, 5.41) is 13.2. The van der Waals surface area contributed by atoms with Crippen molar-refractivity contribution in [3.63, 3.8) is 0 Å². The van der Waals surface area contributed by atoms with Gasteiger partial charge in [-0.3, -0.25) is 9.59 Å². The number of hydrogen-bond acceptors (Lipinski definition) is 6. The molecule has 8 heteroatoms. The van der Waals surface area contributed by atoms with Gasteiger partial charge in [0.05, 0.1) is 17.2 Å².